The summed E-state index contributed by atoms with van der Waals surface area (Å²) in [5.74, 6) is 0.767. The van der Waals surface area contributed by atoms with Gasteiger partial charge in [-0.2, -0.15) is 0 Å². The van der Waals surface area contributed by atoms with E-state index in [2.05, 4.69) is 22.8 Å². The molecule has 1 saturated heterocycles. The first-order chi connectivity index (χ1) is 9.24. The molecular formula is C14H16N2O2S. The zero-order valence-electron chi connectivity index (χ0n) is 10.5. The number of rotatable bonds is 2. The van der Waals surface area contributed by atoms with E-state index in [4.69, 9.17) is 0 Å². The van der Waals surface area contributed by atoms with Crippen LogP contribution in [0.3, 0.4) is 0 Å². The number of carbonyl (C=O) groups is 2. The SMILES string of the molecule is O=C1CC(C(=O)NC2CCSc3ccccc32)CN1. The summed E-state index contributed by atoms with van der Waals surface area (Å²) in [5.41, 5.74) is 1.20. The molecule has 2 N–H and O–H groups in total. The van der Waals surface area contributed by atoms with Crippen LogP contribution in [0.2, 0.25) is 0 Å². The average Bonchev–Trinajstić information content (AvgIpc) is 2.86. The van der Waals surface area contributed by atoms with Crippen molar-refractivity contribution in [2.45, 2.75) is 23.8 Å². The fourth-order valence-corrected chi connectivity index (χ4v) is 3.70. The second-order valence-corrected chi connectivity index (χ2v) is 6.08. The number of amides is 2. The Labute approximate surface area is 116 Å². The minimum absolute atomic E-state index is 0.00921. The Balaban J connectivity index is 1.71. The Morgan fingerprint density at radius 3 is 3.00 bits per heavy atom. The largest absolute Gasteiger partial charge is 0.355 e. The summed E-state index contributed by atoms with van der Waals surface area (Å²) in [6.45, 7) is 0.466. The smallest absolute Gasteiger partial charge is 0.225 e. The standard InChI is InChI=1S/C14H16N2O2S/c17-13-7-9(8-15-13)14(18)16-11-5-6-19-12-4-2-1-3-10(11)12/h1-4,9,11H,5-8H2,(H,15,17)(H,16,18). The van der Waals surface area contributed by atoms with Crippen LogP contribution in [-0.2, 0) is 9.59 Å². The van der Waals surface area contributed by atoms with Crippen LogP contribution in [0.25, 0.3) is 0 Å². The summed E-state index contributed by atoms with van der Waals surface area (Å²) in [4.78, 5) is 24.6. The molecular weight excluding hydrogens is 260 g/mol. The van der Waals surface area contributed by atoms with Gasteiger partial charge in [0.2, 0.25) is 11.8 Å². The molecule has 2 aliphatic rings. The number of hydrogen-bond acceptors (Lipinski definition) is 3. The maximum Gasteiger partial charge on any atom is 0.225 e. The zero-order chi connectivity index (χ0) is 13.2. The third kappa shape index (κ3) is 2.61. The van der Waals surface area contributed by atoms with Crippen LogP contribution in [0.1, 0.15) is 24.4 Å². The summed E-state index contributed by atoms with van der Waals surface area (Å²) in [6.07, 6.45) is 1.26. The van der Waals surface area contributed by atoms with Crippen molar-refractivity contribution in [1.29, 1.82) is 0 Å². The summed E-state index contributed by atoms with van der Waals surface area (Å²) in [6, 6.07) is 8.28. The van der Waals surface area contributed by atoms with Gasteiger partial charge in [-0.15, -0.1) is 11.8 Å². The first-order valence-electron chi connectivity index (χ1n) is 6.53. The fourth-order valence-electron chi connectivity index (χ4n) is 2.57. The Bertz CT molecular complexity index is 518. The maximum atomic E-state index is 12.2. The summed E-state index contributed by atoms with van der Waals surface area (Å²) >= 11 is 1.83. The van der Waals surface area contributed by atoms with E-state index >= 15 is 0 Å². The second kappa shape index (κ2) is 5.25. The molecule has 3 rings (SSSR count). The van der Waals surface area contributed by atoms with E-state index in [9.17, 15) is 9.59 Å². The van der Waals surface area contributed by atoms with Gasteiger partial charge in [-0.05, 0) is 18.1 Å². The number of benzene rings is 1. The predicted molar refractivity (Wildman–Crippen MR) is 73.8 cm³/mol. The van der Waals surface area contributed by atoms with E-state index in [1.165, 1.54) is 10.5 Å². The molecule has 4 nitrogen and oxygen atoms in total. The van der Waals surface area contributed by atoms with Crippen molar-refractivity contribution in [3.8, 4) is 0 Å². The van der Waals surface area contributed by atoms with Gasteiger partial charge in [-0.25, -0.2) is 0 Å². The maximum absolute atomic E-state index is 12.2. The van der Waals surface area contributed by atoms with Crippen LogP contribution in [0.4, 0.5) is 0 Å². The van der Waals surface area contributed by atoms with Crippen molar-refractivity contribution in [3.63, 3.8) is 0 Å². The Kier molecular flexibility index (Phi) is 3.46. The highest BCUT2D eigenvalue weighted by molar-refractivity contribution is 7.99. The molecule has 0 aliphatic carbocycles. The second-order valence-electron chi connectivity index (χ2n) is 4.94. The zero-order valence-corrected chi connectivity index (χ0v) is 11.3. The lowest BCUT2D eigenvalue weighted by molar-refractivity contribution is -0.127. The normalized spacial score (nSPS) is 25.6. The molecule has 2 atom stereocenters. The number of hydrogen-bond donors (Lipinski definition) is 2. The molecule has 0 bridgehead atoms. The van der Waals surface area contributed by atoms with Crippen LogP contribution >= 0.6 is 11.8 Å². The Hall–Kier alpha value is -1.49. The average molecular weight is 276 g/mol. The van der Waals surface area contributed by atoms with Gasteiger partial charge in [0.05, 0.1) is 12.0 Å². The first-order valence-corrected chi connectivity index (χ1v) is 7.51. The van der Waals surface area contributed by atoms with Gasteiger partial charge < -0.3 is 10.6 Å². The van der Waals surface area contributed by atoms with Gasteiger partial charge in [-0.1, -0.05) is 18.2 Å². The lowest BCUT2D eigenvalue weighted by atomic mass is 10.0. The molecule has 0 spiro atoms. The number of nitrogens with one attached hydrogen (secondary N) is 2. The summed E-state index contributed by atoms with van der Waals surface area (Å²) < 4.78 is 0. The molecule has 2 unspecified atom stereocenters. The molecule has 0 radical (unpaired) electrons. The Morgan fingerprint density at radius 2 is 2.21 bits per heavy atom. The quantitative estimate of drug-likeness (QED) is 0.860. The van der Waals surface area contributed by atoms with E-state index in [-0.39, 0.29) is 23.8 Å². The van der Waals surface area contributed by atoms with Crippen molar-refractivity contribution in [2.75, 3.05) is 12.3 Å². The van der Waals surface area contributed by atoms with E-state index in [0.29, 0.717) is 13.0 Å². The van der Waals surface area contributed by atoms with Crippen molar-refractivity contribution in [1.82, 2.24) is 10.6 Å². The molecule has 2 amide bonds. The van der Waals surface area contributed by atoms with Crippen molar-refractivity contribution >= 4 is 23.6 Å². The highest BCUT2D eigenvalue weighted by Crippen LogP contribution is 2.35. The van der Waals surface area contributed by atoms with Crippen LogP contribution in [-0.4, -0.2) is 24.1 Å². The summed E-state index contributed by atoms with van der Waals surface area (Å²) in [5, 5.41) is 5.80. The number of carbonyl (C=O) groups excluding carboxylic acids is 2. The molecule has 0 saturated carbocycles. The highest BCUT2D eigenvalue weighted by Gasteiger charge is 2.30. The minimum atomic E-state index is -0.214. The van der Waals surface area contributed by atoms with E-state index in [1.54, 1.807) is 0 Å². The number of fused-ring (bicyclic) bond motifs is 1. The van der Waals surface area contributed by atoms with E-state index in [1.807, 2.05) is 23.9 Å². The van der Waals surface area contributed by atoms with Gasteiger partial charge in [0.15, 0.2) is 0 Å². The summed E-state index contributed by atoms with van der Waals surface area (Å²) in [7, 11) is 0. The molecule has 2 aliphatic heterocycles. The minimum Gasteiger partial charge on any atom is -0.355 e. The monoisotopic (exact) mass is 276 g/mol. The van der Waals surface area contributed by atoms with E-state index in [0.717, 1.165) is 12.2 Å². The molecule has 1 fully saturated rings. The van der Waals surface area contributed by atoms with Crippen molar-refractivity contribution in [3.05, 3.63) is 29.8 Å². The highest BCUT2D eigenvalue weighted by atomic mass is 32.2. The molecule has 2 heterocycles. The fraction of sp³-hybridized carbons (Fsp3) is 0.429. The molecule has 19 heavy (non-hydrogen) atoms. The molecule has 1 aromatic carbocycles. The third-order valence-electron chi connectivity index (χ3n) is 3.62. The van der Waals surface area contributed by atoms with Gasteiger partial charge >= 0.3 is 0 Å². The predicted octanol–water partition coefficient (Wildman–Crippen LogP) is 1.48. The van der Waals surface area contributed by atoms with Crippen LogP contribution in [0, 0.1) is 5.92 Å². The van der Waals surface area contributed by atoms with Gasteiger partial charge in [0.1, 0.15) is 0 Å². The van der Waals surface area contributed by atoms with Gasteiger partial charge in [0, 0.05) is 23.6 Å². The number of thioether (sulfide) groups is 1. The first kappa shape index (κ1) is 12.5. The molecule has 0 aromatic heterocycles. The van der Waals surface area contributed by atoms with Crippen LogP contribution < -0.4 is 10.6 Å². The molecule has 5 heteroatoms. The Morgan fingerprint density at radius 1 is 1.37 bits per heavy atom. The lowest BCUT2D eigenvalue weighted by Crippen LogP contribution is -2.36. The van der Waals surface area contributed by atoms with Crippen LogP contribution in [0.15, 0.2) is 29.2 Å². The lowest BCUT2D eigenvalue weighted by Gasteiger charge is -2.26. The van der Waals surface area contributed by atoms with Crippen molar-refractivity contribution < 1.29 is 9.59 Å². The van der Waals surface area contributed by atoms with Gasteiger partial charge in [-0.3, -0.25) is 9.59 Å². The van der Waals surface area contributed by atoms with Gasteiger partial charge in [0.25, 0.3) is 0 Å². The third-order valence-corrected chi connectivity index (χ3v) is 4.75. The topological polar surface area (TPSA) is 58.2 Å². The van der Waals surface area contributed by atoms with Crippen molar-refractivity contribution in [2.24, 2.45) is 5.92 Å². The van der Waals surface area contributed by atoms with E-state index < -0.39 is 0 Å². The molecule has 100 valence electrons. The molecule has 1 aromatic rings. The van der Waals surface area contributed by atoms with Crippen LogP contribution in [0.5, 0.6) is 0 Å².